The number of alkyl halides is 3. The van der Waals surface area contributed by atoms with Crippen LogP contribution in [-0.2, 0) is 11.2 Å². The number of carbonyl (C=O) groups excluding carboxylic acids is 1. The van der Waals surface area contributed by atoms with Crippen LogP contribution in [-0.4, -0.2) is 71.0 Å². The lowest BCUT2D eigenvalue weighted by Crippen LogP contribution is -2.52. The summed E-state index contributed by atoms with van der Waals surface area (Å²) in [5.74, 6) is 0.498. The van der Waals surface area contributed by atoms with E-state index in [9.17, 15) is 18.0 Å². The summed E-state index contributed by atoms with van der Waals surface area (Å²) in [7, 11) is 0. The molecule has 1 atom stereocenters. The molecule has 1 aliphatic heterocycles. The molecule has 1 amide bonds. The second-order valence-electron chi connectivity index (χ2n) is 5.72. The van der Waals surface area contributed by atoms with Crippen molar-refractivity contribution in [1.29, 1.82) is 0 Å². The van der Waals surface area contributed by atoms with Crippen LogP contribution in [0.5, 0.6) is 0 Å². The van der Waals surface area contributed by atoms with E-state index in [2.05, 4.69) is 5.16 Å². The van der Waals surface area contributed by atoms with E-state index in [4.69, 9.17) is 9.63 Å². The molecule has 9 heteroatoms. The third-order valence-electron chi connectivity index (χ3n) is 4.04. The zero-order chi connectivity index (χ0) is 17.2. The van der Waals surface area contributed by atoms with Crippen LogP contribution in [0.25, 0.3) is 0 Å². The maximum Gasteiger partial charge on any atom is 0.415 e. The van der Waals surface area contributed by atoms with Gasteiger partial charge < -0.3 is 14.5 Å². The number of rotatable bonds is 4. The predicted octanol–water partition coefficient (Wildman–Crippen LogP) is 0.901. The number of aryl methyl sites for hydroxylation is 2. The van der Waals surface area contributed by atoms with Gasteiger partial charge in [0.05, 0.1) is 12.1 Å². The summed E-state index contributed by atoms with van der Waals surface area (Å²) in [4.78, 5) is 15.4. The Kier molecular flexibility index (Phi) is 5.30. The van der Waals surface area contributed by atoms with Crippen molar-refractivity contribution in [2.24, 2.45) is 0 Å². The number of β-amino-alcohol motifs (C(OH)–C–C–N with tert-alkyl or cyclic N) is 1. The smallest absolute Gasteiger partial charge is 0.382 e. The van der Waals surface area contributed by atoms with Crippen molar-refractivity contribution in [2.45, 2.75) is 32.5 Å². The summed E-state index contributed by atoms with van der Waals surface area (Å²) in [6, 6.07) is 0. The van der Waals surface area contributed by atoms with E-state index in [0.29, 0.717) is 37.6 Å². The van der Waals surface area contributed by atoms with Gasteiger partial charge in [-0.05, 0) is 13.8 Å². The Morgan fingerprint density at radius 1 is 1.30 bits per heavy atom. The van der Waals surface area contributed by atoms with Crippen LogP contribution in [0.1, 0.15) is 17.0 Å². The number of piperazine rings is 1. The predicted molar refractivity (Wildman–Crippen MR) is 74.8 cm³/mol. The Morgan fingerprint density at radius 3 is 2.39 bits per heavy atom. The molecule has 0 spiro atoms. The number of halogens is 3. The monoisotopic (exact) mass is 335 g/mol. The fourth-order valence-corrected chi connectivity index (χ4v) is 2.55. The minimum absolute atomic E-state index is 0.101. The van der Waals surface area contributed by atoms with Crippen molar-refractivity contribution in [3.8, 4) is 0 Å². The van der Waals surface area contributed by atoms with Crippen molar-refractivity contribution >= 4 is 5.91 Å². The van der Waals surface area contributed by atoms with Crippen LogP contribution in [0.3, 0.4) is 0 Å². The van der Waals surface area contributed by atoms with E-state index in [1.54, 1.807) is 18.7 Å². The average Bonchev–Trinajstić information content (AvgIpc) is 2.79. The molecule has 2 rings (SSSR count). The van der Waals surface area contributed by atoms with Crippen LogP contribution in [0.4, 0.5) is 13.2 Å². The molecule has 0 radical (unpaired) electrons. The van der Waals surface area contributed by atoms with Crippen molar-refractivity contribution in [2.75, 3.05) is 32.7 Å². The molecule has 0 saturated carbocycles. The van der Waals surface area contributed by atoms with Crippen LogP contribution in [0, 0.1) is 13.8 Å². The number of nitrogens with zero attached hydrogens (tertiary/aromatic N) is 3. The molecule has 2 heterocycles. The summed E-state index contributed by atoms with van der Waals surface area (Å²) in [5.41, 5.74) is 1.42. The third kappa shape index (κ3) is 4.44. The van der Waals surface area contributed by atoms with Crippen molar-refractivity contribution in [3.05, 3.63) is 17.0 Å². The first-order valence-corrected chi connectivity index (χ1v) is 7.35. The van der Waals surface area contributed by atoms with Gasteiger partial charge in [-0.15, -0.1) is 0 Å². The lowest BCUT2D eigenvalue weighted by atomic mass is 10.1. The normalized spacial score (nSPS) is 18.3. The molecule has 0 bridgehead atoms. The molecule has 23 heavy (non-hydrogen) atoms. The van der Waals surface area contributed by atoms with Gasteiger partial charge in [-0.1, -0.05) is 5.16 Å². The van der Waals surface area contributed by atoms with Gasteiger partial charge in [0, 0.05) is 38.3 Å². The highest BCUT2D eigenvalue weighted by molar-refractivity contribution is 5.79. The van der Waals surface area contributed by atoms with Gasteiger partial charge in [-0.3, -0.25) is 9.69 Å². The molecule has 1 saturated heterocycles. The molecule has 1 aromatic rings. The third-order valence-corrected chi connectivity index (χ3v) is 4.04. The highest BCUT2D eigenvalue weighted by Crippen LogP contribution is 2.21. The number of aliphatic hydroxyl groups excluding tert-OH is 1. The van der Waals surface area contributed by atoms with Crippen LogP contribution in [0.15, 0.2) is 4.52 Å². The standard InChI is InChI=1S/C14H20F3N3O3/c1-9-11(10(2)23-18-9)7-13(22)20-5-3-19(4-6-20)8-12(21)14(15,16)17/h12,21H,3-8H2,1-2H3/t12-/m0/s1. The molecule has 0 aromatic carbocycles. The lowest BCUT2D eigenvalue weighted by Gasteiger charge is -2.35. The Morgan fingerprint density at radius 2 is 1.91 bits per heavy atom. The molecule has 1 fully saturated rings. The van der Waals surface area contributed by atoms with Gasteiger partial charge in [0.1, 0.15) is 5.76 Å². The second kappa shape index (κ2) is 6.88. The maximum atomic E-state index is 12.3. The Hall–Kier alpha value is -1.61. The van der Waals surface area contributed by atoms with E-state index in [1.807, 2.05) is 0 Å². The molecule has 6 nitrogen and oxygen atoms in total. The molecule has 0 unspecified atom stereocenters. The Bertz CT molecular complexity index is 532. The van der Waals surface area contributed by atoms with E-state index in [0.717, 1.165) is 5.56 Å². The molecule has 1 aromatic heterocycles. The number of aromatic nitrogens is 1. The molecule has 0 aliphatic carbocycles. The first-order valence-electron chi connectivity index (χ1n) is 7.35. The number of carbonyl (C=O) groups is 1. The van der Waals surface area contributed by atoms with Gasteiger partial charge in [0.15, 0.2) is 6.10 Å². The second-order valence-corrected chi connectivity index (χ2v) is 5.72. The lowest BCUT2D eigenvalue weighted by molar-refractivity contribution is -0.209. The summed E-state index contributed by atoms with van der Waals surface area (Å²) >= 11 is 0. The molecule has 1 aliphatic rings. The zero-order valence-electron chi connectivity index (χ0n) is 13.1. The van der Waals surface area contributed by atoms with Crippen molar-refractivity contribution in [3.63, 3.8) is 0 Å². The van der Waals surface area contributed by atoms with Gasteiger partial charge in [0.2, 0.25) is 5.91 Å². The first-order chi connectivity index (χ1) is 10.7. The summed E-state index contributed by atoms with van der Waals surface area (Å²) in [6.07, 6.45) is -6.80. The highest BCUT2D eigenvalue weighted by atomic mass is 19.4. The molecular formula is C14H20F3N3O3. The highest BCUT2D eigenvalue weighted by Gasteiger charge is 2.39. The summed E-state index contributed by atoms with van der Waals surface area (Å²) in [6.45, 7) is 4.32. The minimum atomic E-state index is -4.61. The van der Waals surface area contributed by atoms with Gasteiger partial charge >= 0.3 is 6.18 Å². The molecule has 130 valence electrons. The topological polar surface area (TPSA) is 69.8 Å². The first kappa shape index (κ1) is 17.7. The number of aliphatic hydroxyl groups is 1. The Labute approximate surface area is 131 Å². The molecular weight excluding hydrogens is 315 g/mol. The minimum Gasteiger partial charge on any atom is -0.382 e. The van der Waals surface area contributed by atoms with Crippen LogP contribution >= 0.6 is 0 Å². The van der Waals surface area contributed by atoms with Gasteiger partial charge in [-0.25, -0.2) is 0 Å². The maximum absolute atomic E-state index is 12.3. The average molecular weight is 335 g/mol. The van der Waals surface area contributed by atoms with Gasteiger partial charge in [0.25, 0.3) is 0 Å². The number of hydrogen-bond acceptors (Lipinski definition) is 5. The number of amides is 1. The molecule has 1 N–H and O–H groups in total. The number of hydrogen-bond donors (Lipinski definition) is 1. The quantitative estimate of drug-likeness (QED) is 0.885. The van der Waals surface area contributed by atoms with E-state index in [-0.39, 0.29) is 12.3 Å². The van der Waals surface area contributed by atoms with E-state index >= 15 is 0 Å². The van der Waals surface area contributed by atoms with Crippen LogP contribution < -0.4 is 0 Å². The van der Waals surface area contributed by atoms with Gasteiger partial charge in [-0.2, -0.15) is 13.2 Å². The summed E-state index contributed by atoms with van der Waals surface area (Å²) < 4.78 is 42.0. The summed E-state index contributed by atoms with van der Waals surface area (Å²) in [5, 5.41) is 12.9. The van der Waals surface area contributed by atoms with Crippen LogP contribution in [0.2, 0.25) is 0 Å². The van der Waals surface area contributed by atoms with E-state index in [1.165, 1.54) is 4.90 Å². The fourth-order valence-electron chi connectivity index (χ4n) is 2.55. The van der Waals surface area contributed by atoms with E-state index < -0.39 is 18.8 Å². The SMILES string of the molecule is Cc1noc(C)c1CC(=O)N1CCN(C[C@H](O)C(F)(F)F)CC1. The fraction of sp³-hybridized carbons (Fsp3) is 0.714. The van der Waals surface area contributed by atoms with Crippen molar-refractivity contribution in [1.82, 2.24) is 15.0 Å². The van der Waals surface area contributed by atoms with Crippen molar-refractivity contribution < 1.29 is 27.6 Å². The zero-order valence-corrected chi connectivity index (χ0v) is 13.1. The Balaban J connectivity index is 1.83. The largest absolute Gasteiger partial charge is 0.415 e.